The molecule has 2 heterocycles. The average Bonchev–Trinajstić information content (AvgIpc) is 2.78. The minimum absolute atomic E-state index is 0.0439. The smallest absolute Gasteiger partial charge is 0.282 e. The number of hydrogen-bond acceptors (Lipinski definition) is 4. The summed E-state index contributed by atoms with van der Waals surface area (Å²) >= 11 is 0. The van der Waals surface area contributed by atoms with Gasteiger partial charge in [0.1, 0.15) is 0 Å². The lowest BCUT2D eigenvalue weighted by atomic mass is 10.2. The van der Waals surface area contributed by atoms with Crippen LogP contribution in [0.2, 0.25) is 0 Å². The Kier molecular flexibility index (Phi) is 3.75. The lowest BCUT2D eigenvalue weighted by Crippen LogP contribution is -2.42. The lowest BCUT2D eigenvalue weighted by molar-refractivity contribution is -0.114. The number of hydrogen-bond donors (Lipinski definition) is 0. The Morgan fingerprint density at radius 1 is 1.10 bits per heavy atom. The monoisotopic (exact) mass is 284 g/mol. The fourth-order valence-electron chi connectivity index (χ4n) is 2.54. The van der Waals surface area contributed by atoms with Gasteiger partial charge in [0.25, 0.3) is 5.91 Å². The second kappa shape index (κ2) is 5.69. The van der Waals surface area contributed by atoms with Gasteiger partial charge in [-0.2, -0.15) is 10.1 Å². The molecule has 0 spiro atoms. The number of carbonyl (C=O) groups excluding carboxylic acids is 1. The van der Waals surface area contributed by atoms with Gasteiger partial charge in [0.05, 0.1) is 17.0 Å². The molecular weight excluding hydrogens is 264 g/mol. The van der Waals surface area contributed by atoms with Crippen molar-refractivity contribution in [1.82, 2.24) is 9.80 Å². The number of para-hydroxylation sites is 1. The van der Waals surface area contributed by atoms with Crippen LogP contribution in [0.4, 0.5) is 5.69 Å². The van der Waals surface area contributed by atoms with Crippen LogP contribution in [0.1, 0.15) is 6.92 Å². The maximum Gasteiger partial charge on any atom is 0.282 e. The second-order valence-electron chi connectivity index (χ2n) is 5.52. The first-order valence-electron chi connectivity index (χ1n) is 7.24. The summed E-state index contributed by atoms with van der Waals surface area (Å²) in [5.41, 5.74) is 2.29. The summed E-state index contributed by atoms with van der Waals surface area (Å²) in [6.45, 7) is 5.84. The molecule has 1 aromatic rings. The lowest BCUT2D eigenvalue weighted by Gasteiger charge is -2.31. The van der Waals surface area contributed by atoms with Crippen LogP contribution in [-0.4, -0.2) is 54.6 Å². The molecule has 0 atom stereocenters. The van der Waals surface area contributed by atoms with Crippen LogP contribution in [0.5, 0.6) is 0 Å². The van der Waals surface area contributed by atoms with Gasteiger partial charge in [0.15, 0.2) is 0 Å². The van der Waals surface area contributed by atoms with Crippen LogP contribution in [0, 0.1) is 0 Å². The van der Waals surface area contributed by atoms with E-state index in [4.69, 9.17) is 0 Å². The van der Waals surface area contributed by atoms with Crippen LogP contribution in [0.25, 0.3) is 0 Å². The van der Waals surface area contributed by atoms with Crippen LogP contribution in [0.3, 0.4) is 0 Å². The van der Waals surface area contributed by atoms with E-state index in [1.54, 1.807) is 0 Å². The van der Waals surface area contributed by atoms with E-state index < -0.39 is 0 Å². The van der Waals surface area contributed by atoms with E-state index in [2.05, 4.69) is 21.9 Å². The fraction of sp³-hybridized carbons (Fsp3) is 0.375. The first kappa shape index (κ1) is 13.8. The Labute approximate surface area is 125 Å². The summed E-state index contributed by atoms with van der Waals surface area (Å²) in [5.74, 6) is -0.0439. The molecule has 2 aliphatic rings. The van der Waals surface area contributed by atoms with E-state index in [-0.39, 0.29) is 5.91 Å². The number of benzene rings is 1. The first-order chi connectivity index (χ1) is 10.1. The molecule has 110 valence electrons. The molecule has 21 heavy (non-hydrogen) atoms. The van der Waals surface area contributed by atoms with Crippen molar-refractivity contribution in [3.63, 3.8) is 0 Å². The molecule has 1 saturated heterocycles. The highest BCUT2D eigenvalue weighted by Gasteiger charge is 2.29. The molecule has 0 saturated carbocycles. The van der Waals surface area contributed by atoms with Crippen molar-refractivity contribution < 1.29 is 4.79 Å². The van der Waals surface area contributed by atoms with Crippen molar-refractivity contribution in [2.75, 3.05) is 38.2 Å². The van der Waals surface area contributed by atoms with E-state index >= 15 is 0 Å². The molecule has 0 bridgehead atoms. The van der Waals surface area contributed by atoms with Crippen molar-refractivity contribution in [3.05, 3.63) is 42.1 Å². The summed E-state index contributed by atoms with van der Waals surface area (Å²) in [4.78, 5) is 17.1. The van der Waals surface area contributed by atoms with Gasteiger partial charge in [0.2, 0.25) is 0 Å². The summed E-state index contributed by atoms with van der Waals surface area (Å²) in [6.07, 6.45) is 1.97. The van der Waals surface area contributed by atoms with E-state index in [9.17, 15) is 4.79 Å². The Balaban J connectivity index is 1.79. The molecule has 0 aromatic heterocycles. The summed E-state index contributed by atoms with van der Waals surface area (Å²) < 4.78 is 0. The van der Waals surface area contributed by atoms with E-state index in [0.29, 0.717) is 5.57 Å². The highest BCUT2D eigenvalue weighted by atomic mass is 16.2. The third-order valence-corrected chi connectivity index (χ3v) is 3.91. The number of rotatable bonds is 2. The van der Waals surface area contributed by atoms with Crippen LogP contribution in [-0.2, 0) is 4.79 Å². The third-order valence-electron chi connectivity index (χ3n) is 3.91. The highest BCUT2D eigenvalue weighted by molar-refractivity contribution is 6.29. The maximum atomic E-state index is 12.6. The Morgan fingerprint density at radius 2 is 1.76 bits per heavy atom. The SMILES string of the molecule is CC1=NN(c2ccccc2)C(=O)/C1=C\N1CCN(C)CC1. The predicted molar refractivity (Wildman–Crippen MR) is 84.2 cm³/mol. The largest absolute Gasteiger partial charge is 0.374 e. The van der Waals surface area contributed by atoms with E-state index in [1.165, 1.54) is 5.01 Å². The fourth-order valence-corrected chi connectivity index (χ4v) is 2.54. The second-order valence-corrected chi connectivity index (χ2v) is 5.52. The Morgan fingerprint density at radius 3 is 2.43 bits per heavy atom. The zero-order valence-electron chi connectivity index (χ0n) is 12.5. The molecule has 3 rings (SSSR count). The number of anilines is 1. The quantitative estimate of drug-likeness (QED) is 0.773. The molecular formula is C16H20N4O. The van der Waals surface area contributed by atoms with Gasteiger partial charge >= 0.3 is 0 Å². The number of piperazine rings is 1. The molecule has 0 aliphatic carbocycles. The molecule has 0 unspecified atom stereocenters. The van der Waals surface area contributed by atoms with Gasteiger partial charge in [-0.05, 0) is 26.1 Å². The molecule has 1 aromatic carbocycles. The standard InChI is InChI=1S/C16H20N4O/c1-13-15(12-19-10-8-18(2)9-11-19)16(21)20(17-13)14-6-4-3-5-7-14/h3-7,12H,8-11H2,1-2H3/b15-12-. The van der Waals surface area contributed by atoms with Crippen molar-refractivity contribution in [2.24, 2.45) is 5.10 Å². The zero-order valence-corrected chi connectivity index (χ0v) is 12.5. The minimum Gasteiger partial charge on any atom is -0.374 e. The van der Waals surface area contributed by atoms with E-state index in [0.717, 1.165) is 37.6 Å². The zero-order chi connectivity index (χ0) is 14.8. The van der Waals surface area contributed by atoms with Gasteiger partial charge in [0, 0.05) is 32.4 Å². The molecule has 5 nitrogen and oxygen atoms in total. The van der Waals surface area contributed by atoms with Crippen molar-refractivity contribution in [1.29, 1.82) is 0 Å². The van der Waals surface area contributed by atoms with Crippen LogP contribution >= 0.6 is 0 Å². The molecule has 0 N–H and O–H groups in total. The summed E-state index contributed by atoms with van der Waals surface area (Å²) in [5, 5.41) is 5.88. The summed E-state index contributed by atoms with van der Waals surface area (Å²) in [6, 6.07) is 9.55. The Hall–Kier alpha value is -2.14. The van der Waals surface area contributed by atoms with Gasteiger partial charge in [-0.25, -0.2) is 0 Å². The molecule has 0 radical (unpaired) electrons. The topological polar surface area (TPSA) is 39.2 Å². The summed E-state index contributed by atoms with van der Waals surface area (Å²) in [7, 11) is 2.12. The van der Waals surface area contributed by atoms with Gasteiger partial charge in [-0.15, -0.1) is 0 Å². The average molecular weight is 284 g/mol. The van der Waals surface area contributed by atoms with Crippen molar-refractivity contribution in [3.8, 4) is 0 Å². The molecule has 2 aliphatic heterocycles. The van der Waals surface area contributed by atoms with Gasteiger partial charge in [-0.1, -0.05) is 18.2 Å². The molecule has 1 amide bonds. The number of nitrogens with zero attached hydrogens (tertiary/aromatic N) is 4. The van der Waals surface area contributed by atoms with Gasteiger partial charge in [-0.3, -0.25) is 4.79 Å². The normalized spacial score (nSPS) is 22.1. The van der Waals surface area contributed by atoms with E-state index in [1.807, 2.05) is 43.5 Å². The number of carbonyl (C=O) groups is 1. The minimum atomic E-state index is -0.0439. The van der Waals surface area contributed by atoms with Crippen LogP contribution in [0.15, 0.2) is 47.2 Å². The Bertz CT molecular complexity index is 586. The first-order valence-corrected chi connectivity index (χ1v) is 7.24. The number of amides is 1. The maximum absolute atomic E-state index is 12.6. The van der Waals surface area contributed by atoms with Crippen molar-refractivity contribution >= 4 is 17.3 Å². The van der Waals surface area contributed by atoms with Crippen LogP contribution < -0.4 is 5.01 Å². The van der Waals surface area contributed by atoms with Crippen molar-refractivity contribution in [2.45, 2.75) is 6.92 Å². The number of likely N-dealkylation sites (N-methyl/N-ethyl adjacent to an activating group) is 1. The van der Waals surface area contributed by atoms with Gasteiger partial charge < -0.3 is 9.80 Å². The number of hydrazone groups is 1. The molecule has 5 heteroatoms. The molecule has 1 fully saturated rings. The highest BCUT2D eigenvalue weighted by Crippen LogP contribution is 2.23. The third kappa shape index (κ3) is 2.83. The predicted octanol–water partition coefficient (Wildman–Crippen LogP) is 1.54.